The number of fused-ring (bicyclic) bond motifs is 2. The molecule has 3 rings (SSSR count). The Bertz CT molecular complexity index is 591. The second-order valence-electron chi connectivity index (χ2n) is 3.80. The number of rotatable bonds is 2. The highest BCUT2D eigenvalue weighted by atomic mass is 32.2. The number of benzene rings is 2. The van der Waals surface area contributed by atoms with E-state index in [2.05, 4.69) is 5.32 Å². The third-order valence-electron chi connectivity index (χ3n) is 2.59. The second kappa shape index (κ2) is 4.57. The summed E-state index contributed by atoms with van der Waals surface area (Å²) in [6.45, 7) is 0. The fraction of sp³-hybridized carbons (Fsp3) is 0. The average Bonchev–Trinajstić information content (AvgIpc) is 2.36. The molecule has 1 aliphatic rings. The first-order chi connectivity index (χ1) is 8.74. The van der Waals surface area contributed by atoms with Crippen molar-refractivity contribution in [2.45, 2.75) is 9.79 Å². The summed E-state index contributed by atoms with van der Waals surface area (Å²) in [5, 5.41) is 21.0. The van der Waals surface area contributed by atoms with Crippen molar-refractivity contribution in [1.82, 2.24) is 0 Å². The van der Waals surface area contributed by atoms with E-state index in [9.17, 15) is 0 Å². The van der Waals surface area contributed by atoms with E-state index in [1.54, 1.807) is 17.8 Å². The van der Waals surface area contributed by atoms with Gasteiger partial charge in [-0.25, -0.2) is 0 Å². The third-order valence-corrected chi connectivity index (χ3v) is 3.72. The minimum Gasteiger partial charge on any atom is -0.510 e. The smallest absolute Gasteiger partial charge is 0.510 e. The van der Waals surface area contributed by atoms with Gasteiger partial charge in [0, 0.05) is 9.79 Å². The molecule has 4 nitrogen and oxygen atoms in total. The van der Waals surface area contributed by atoms with Gasteiger partial charge in [0.1, 0.15) is 5.75 Å². The number of nitrogens with one attached hydrogen (secondary N) is 1. The van der Waals surface area contributed by atoms with E-state index in [0.717, 1.165) is 21.2 Å². The van der Waals surface area contributed by atoms with Crippen molar-refractivity contribution in [3.05, 3.63) is 42.5 Å². The highest BCUT2D eigenvalue weighted by Crippen LogP contribution is 2.47. The largest absolute Gasteiger partial charge is 0.707 e. The fourth-order valence-corrected chi connectivity index (χ4v) is 2.86. The van der Waals surface area contributed by atoms with Gasteiger partial charge in [0.05, 0.1) is 11.4 Å². The SMILES string of the molecule is OB(O)Oc1cccc2c1Nc1ccccc1S2. The Kier molecular flexibility index (Phi) is 2.91. The van der Waals surface area contributed by atoms with Crippen molar-refractivity contribution in [2.75, 3.05) is 5.32 Å². The van der Waals surface area contributed by atoms with Crippen LogP contribution in [0.15, 0.2) is 52.3 Å². The van der Waals surface area contributed by atoms with Crippen molar-refractivity contribution in [1.29, 1.82) is 0 Å². The molecule has 0 aromatic heterocycles. The summed E-state index contributed by atoms with van der Waals surface area (Å²) in [5.41, 5.74) is 1.74. The summed E-state index contributed by atoms with van der Waals surface area (Å²) in [4.78, 5) is 2.12. The van der Waals surface area contributed by atoms with Gasteiger partial charge in [-0.15, -0.1) is 0 Å². The lowest BCUT2D eigenvalue weighted by Gasteiger charge is -2.23. The zero-order valence-electron chi connectivity index (χ0n) is 9.33. The second-order valence-corrected chi connectivity index (χ2v) is 4.88. The minimum absolute atomic E-state index is 0.421. The van der Waals surface area contributed by atoms with Crippen LogP contribution in [-0.4, -0.2) is 17.4 Å². The molecule has 3 N–H and O–H groups in total. The van der Waals surface area contributed by atoms with Crippen molar-refractivity contribution in [3.8, 4) is 5.75 Å². The van der Waals surface area contributed by atoms with E-state index in [1.807, 2.05) is 36.4 Å². The number of anilines is 2. The summed E-state index contributed by atoms with van der Waals surface area (Å²) in [6.07, 6.45) is 0. The van der Waals surface area contributed by atoms with Crippen LogP contribution < -0.4 is 9.97 Å². The van der Waals surface area contributed by atoms with Crippen LogP contribution >= 0.6 is 11.8 Å². The maximum atomic E-state index is 8.90. The van der Waals surface area contributed by atoms with Crippen LogP contribution in [0.5, 0.6) is 5.75 Å². The van der Waals surface area contributed by atoms with Crippen LogP contribution in [0, 0.1) is 0 Å². The molecule has 0 unspecified atom stereocenters. The maximum Gasteiger partial charge on any atom is 0.707 e. The maximum absolute atomic E-state index is 8.90. The minimum atomic E-state index is -1.82. The zero-order chi connectivity index (χ0) is 12.5. The highest BCUT2D eigenvalue weighted by Gasteiger charge is 2.21. The first-order valence-electron chi connectivity index (χ1n) is 5.44. The molecule has 0 aliphatic carbocycles. The van der Waals surface area contributed by atoms with Gasteiger partial charge >= 0.3 is 7.32 Å². The van der Waals surface area contributed by atoms with Crippen molar-refractivity contribution < 1.29 is 14.7 Å². The highest BCUT2D eigenvalue weighted by molar-refractivity contribution is 7.99. The quantitative estimate of drug-likeness (QED) is 0.616. The molecule has 0 radical (unpaired) electrons. The summed E-state index contributed by atoms with van der Waals surface area (Å²) < 4.78 is 4.96. The van der Waals surface area contributed by atoms with Gasteiger partial charge in [-0.1, -0.05) is 30.0 Å². The predicted molar refractivity (Wildman–Crippen MR) is 71.1 cm³/mol. The molecule has 0 amide bonds. The Morgan fingerprint density at radius 2 is 1.78 bits per heavy atom. The molecule has 2 aromatic rings. The van der Waals surface area contributed by atoms with Crippen LogP contribution in [0.3, 0.4) is 0 Å². The lowest BCUT2D eigenvalue weighted by Crippen LogP contribution is -2.21. The Morgan fingerprint density at radius 3 is 2.61 bits per heavy atom. The average molecular weight is 259 g/mol. The third kappa shape index (κ3) is 2.05. The molecular formula is C12H10BNO3S. The monoisotopic (exact) mass is 259 g/mol. The molecule has 0 spiro atoms. The van der Waals surface area contributed by atoms with Crippen LogP contribution in [0.25, 0.3) is 0 Å². The van der Waals surface area contributed by atoms with Gasteiger partial charge in [0.15, 0.2) is 0 Å². The van der Waals surface area contributed by atoms with Crippen LogP contribution in [0.1, 0.15) is 0 Å². The van der Waals surface area contributed by atoms with Gasteiger partial charge in [0.25, 0.3) is 0 Å². The Balaban J connectivity index is 2.02. The Morgan fingerprint density at radius 1 is 1.00 bits per heavy atom. The van der Waals surface area contributed by atoms with Gasteiger partial charge in [-0.05, 0) is 24.3 Å². The molecule has 1 aliphatic heterocycles. The molecule has 0 bridgehead atoms. The topological polar surface area (TPSA) is 61.7 Å². The van der Waals surface area contributed by atoms with Crippen LogP contribution in [-0.2, 0) is 0 Å². The first kappa shape index (κ1) is 11.5. The summed E-state index contributed by atoms with van der Waals surface area (Å²) in [6, 6.07) is 13.4. The Labute approximate surface area is 109 Å². The van der Waals surface area contributed by atoms with E-state index >= 15 is 0 Å². The van der Waals surface area contributed by atoms with E-state index < -0.39 is 7.32 Å². The first-order valence-corrected chi connectivity index (χ1v) is 6.25. The van der Waals surface area contributed by atoms with Gasteiger partial charge < -0.3 is 20.0 Å². The van der Waals surface area contributed by atoms with Crippen molar-refractivity contribution in [3.63, 3.8) is 0 Å². The molecule has 6 heteroatoms. The molecule has 90 valence electrons. The lowest BCUT2D eigenvalue weighted by molar-refractivity contribution is 0.288. The van der Waals surface area contributed by atoms with Crippen molar-refractivity contribution >= 4 is 30.5 Å². The van der Waals surface area contributed by atoms with Gasteiger partial charge in [-0.2, -0.15) is 0 Å². The molecule has 0 atom stereocenters. The standard InChI is InChI=1S/C12H10BNO3S/c15-13(16)17-9-5-3-7-11-12(9)14-8-4-1-2-6-10(8)18-11/h1-7,14-16H. The number of hydrogen-bond acceptors (Lipinski definition) is 5. The zero-order valence-corrected chi connectivity index (χ0v) is 10.1. The summed E-state index contributed by atoms with van der Waals surface area (Å²) >= 11 is 1.62. The molecule has 0 saturated carbocycles. The number of hydrogen-bond donors (Lipinski definition) is 3. The van der Waals surface area contributed by atoms with Crippen molar-refractivity contribution in [2.24, 2.45) is 0 Å². The lowest BCUT2D eigenvalue weighted by atomic mass is 10.2. The molecule has 0 saturated heterocycles. The number of para-hydroxylation sites is 2. The van der Waals surface area contributed by atoms with E-state index in [1.165, 1.54) is 0 Å². The van der Waals surface area contributed by atoms with E-state index in [4.69, 9.17) is 14.7 Å². The van der Waals surface area contributed by atoms with Gasteiger partial charge in [0.2, 0.25) is 0 Å². The molecule has 0 fully saturated rings. The van der Waals surface area contributed by atoms with Crippen LogP contribution in [0.2, 0.25) is 0 Å². The predicted octanol–water partition coefficient (Wildman–Crippen LogP) is 2.24. The molecule has 2 aromatic carbocycles. The Hall–Kier alpha value is -1.63. The van der Waals surface area contributed by atoms with Crippen LogP contribution in [0.4, 0.5) is 11.4 Å². The van der Waals surface area contributed by atoms with E-state index in [0.29, 0.717) is 5.75 Å². The fourth-order valence-electron chi connectivity index (χ4n) is 1.84. The molecule has 1 heterocycles. The van der Waals surface area contributed by atoms with Gasteiger partial charge in [-0.3, -0.25) is 0 Å². The molecular weight excluding hydrogens is 249 g/mol. The normalized spacial score (nSPS) is 12.1. The summed E-state index contributed by atoms with van der Waals surface area (Å²) in [5.74, 6) is 0.421. The molecule has 18 heavy (non-hydrogen) atoms. The summed E-state index contributed by atoms with van der Waals surface area (Å²) in [7, 11) is -1.82. The van der Waals surface area contributed by atoms with E-state index in [-0.39, 0.29) is 0 Å².